The van der Waals surface area contributed by atoms with Gasteiger partial charge in [-0.1, -0.05) is 38.1 Å². The minimum atomic E-state index is -0.262. The maximum Gasteiger partial charge on any atom is 0.252 e. The van der Waals surface area contributed by atoms with Crippen molar-refractivity contribution in [3.05, 3.63) is 89.5 Å². The van der Waals surface area contributed by atoms with Crippen LogP contribution in [0, 0.1) is 5.82 Å². The van der Waals surface area contributed by atoms with Crippen LogP contribution >= 0.6 is 0 Å². The number of carbonyl (C=O) groups is 1. The van der Waals surface area contributed by atoms with Gasteiger partial charge in [-0.15, -0.1) is 0 Å². The summed E-state index contributed by atoms with van der Waals surface area (Å²) < 4.78 is 12.9. The van der Waals surface area contributed by atoms with Gasteiger partial charge in [-0.25, -0.2) is 4.39 Å². The Morgan fingerprint density at radius 1 is 1.00 bits per heavy atom. The monoisotopic (exact) mass is 377 g/mol. The van der Waals surface area contributed by atoms with E-state index < -0.39 is 0 Å². The Bertz CT molecular complexity index is 921. The van der Waals surface area contributed by atoms with Crippen molar-refractivity contribution in [1.29, 1.82) is 0 Å². The van der Waals surface area contributed by atoms with Gasteiger partial charge in [-0.3, -0.25) is 9.78 Å². The first kappa shape index (κ1) is 19.5. The molecule has 4 nitrogen and oxygen atoms in total. The van der Waals surface area contributed by atoms with E-state index in [-0.39, 0.29) is 11.7 Å². The molecule has 1 heterocycles. The van der Waals surface area contributed by atoms with Gasteiger partial charge in [-0.2, -0.15) is 0 Å². The first-order valence-electron chi connectivity index (χ1n) is 9.36. The molecule has 0 aliphatic heterocycles. The lowest BCUT2D eigenvalue weighted by Gasteiger charge is -2.10. The van der Waals surface area contributed by atoms with Crippen LogP contribution < -0.4 is 10.6 Å². The molecule has 5 heteroatoms. The summed E-state index contributed by atoms with van der Waals surface area (Å²) in [5.41, 5.74) is 4.43. The average Bonchev–Trinajstić information content (AvgIpc) is 2.70. The molecule has 0 fully saturated rings. The number of rotatable bonds is 7. The normalized spacial score (nSPS) is 10.7. The van der Waals surface area contributed by atoms with Crippen molar-refractivity contribution in [3.8, 4) is 0 Å². The van der Waals surface area contributed by atoms with Crippen molar-refractivity contribution in [2.75, 3.05) is 11.9 Å². The molecule has 0 bridgehead atoms. The lowest BCUT2D eigenvalue weighted by atomic mass is 10.0. The Morgan fingerprint density at radius 2 is 1.71 bits per heavy atom. The number of hydrogen-bond acceptors (Lipinski definition) is 3. The van der Waals surface area contributed by atoms with Gasteiger partial charge in [0.05, 0.1) is 17.4 Å². The highest BCUT2D eigenvalue weighted by Gasteiger charge is 2.07. The van der Waals surface area contributed by atoms with Crippen LogP contribution in [0.5, 0.6) is 0 Å². The zero-order chi connectivity index (χ0) is 19.9. The molecule has 1 amide bonds. The summed E-state index contributed by atoms with van der Waals surface area (Å²) in [5.74, 6) is 0.0353. The molecule has 0 aliphatic carbocycles. The van der Waals surface area contributed by atoms with E-state index in [2.05, 4.69) is 41.6 Å². The Kier molecular flexibility index (Phi) is 6.37. The SMILES string of the molecule is CC(C)c1ccc(Nc2cncc(C(=O)NCCc3ccc(F)cc3)c2)cc1. The van der Waals surface area contributed by atoms with E-state index in [4.69, 9.17) is 0 Å². The first-order chi connectivity index (χ1) is 13.5. The predicted octanol–water partition coefficient (Wildman–Crippen LogP) is 5.06. The third kappa shape index (κ3) is 5.39. The van der Waals surface area contributed by atoms with E-state index in [1.807, 2.05) is 12.1 Å². The third-order valence-electron chi connectivity index (χ3n) is 4.48. The standard InChI is InChI=1S/C23H24FN3O/c1-16(2)18-5-9-21(10-6-18)27-22-13-19(14-25-15-22)23(28)26-12-11-17-3-7-20(24)8-4-17/h3-10,13-16,27H,11-12H2,1-2H3,(H,26,28). The molecule has 144 valence electrons. The van der Waals surface area contributed by atoms with E-state index >= 15 is 0 Å². The Balaban J connectivity index is 1.57. The van der Waals surface area contributed by atoms with Crippen LogP contribution in [0.3, 0.4) is 0 Å². The molecule has 0 aliphatic rings. The topological polar surface area (TPSA) is 54.0 Å². The second kappa shape index (κ2) is 9.13. The number of anilines is 2. The zero-order valence-electron chi connectivity index (χ0n) is 16.1. The summed E-state index contributed by atoms with van der Waals surface area (Å²) in [5, 5.41) is 6.15. The third-order valence-corrected chi connectivity index (χ3v) is 4.48. The lowest BCUT2D eigenvalue weighted by Crippen LogP contribution is -2.25. The summed E-state index contributed by atoms with van der Waals surface area (Å²) in [6, 6.07) is 16.3. The van der Waals surface area contributed by atoms with Crippen molar-refractivity contribution >= 4 is 17.3 Å². The molecule has 28 heavy (non-hydrogen) atoms. The van der Waals surface area contributed by atoms with Gasteiger partial charge in [0.1, 0.15) is 5.82 Å². The van der Waals surface area contributed by atoms with Gasteiger partial charge < -0.3 is 10.6 Å². The molecule has 3 rings (SSSR count). The van der Waals surface area contributed by atoms with Crippen molar-refractivity contribution in [2.45, 2.75) is 26.2 Å². The fraction of sp³-hybridized carbons (Fsp3) is 0.217. The highest BCUT2D eigenvalue weighted by atomic mass is 19.1. The number of aromatic nitrogens is 1. The molecule has 2 aromatic carbocycles. The molecule has 3 aromatic rings. The van der Waals surface area contributed by atoms with E-state index in [9.17, 15) is 9.18 Å². The van der Waals surface area contributed by atoms with Gasteiger partial charge in [0.2, 0.25) is 0 Å². The van der Waals surface area contributed by atoms with E-state index in [1.54, 1.807) is 30.6 Å². The van der Waals surface area contributed by atoms with Crippen LogP contribution in [0.1, 0.15) is 41.3 Å². The van der Waals surface area contributed by atoms with Gasteiger partial charge in [0.15, 0.2) is 0 Å². The van der Waals surface area contributed by atoms with Gasteiger partial charge in [0, 0.05) is 18.4 Å². The van der Waals surface area contributed by atoms with Crippen LogP contribution in [0.25, 0.3) is 0 Å². The van der Waals surface area contributed by atoms with Crippen LogP contribution in [-0.4, -0.2) is 17.4 Å². The van der Waals surface area contributed by atoms with Crippen LogP contribution in [0.15, 0.2) is 67.0 Å². The highest BCUT2D eigenvalue weighted by molar-refractivity contribution is 5.94. The van der Waals surface area contributed by atoms with Gasteiger partial charge >= 0.3 is 0 Å². The quantitative estimate of drug-likeness (QED) is 0.605. The maximum atomic E-state index is 12.9. The number of amides is 1. The number of carbonyl (C=O) groups excluding carboxylic acids is 1. The van der Waals surface area contributed by atoms with Crippen molar-refractivity contribution < 1.29 is 9.18 Å². The minimum Gasteiger partial charge on any atom is -0.354 e. The lowest BCUT2D eigenvalue weighted by molar-refractivity contribution is 0.0954. The number of nitrogens with one attached hydrogen (secondary N) is 2. The number of pyridine rings is 1. The fourth-order valence-electron chi connectivity index (χ4n) is 2.82. The van der Waals surface area contributed by atoms with Crippen LogP contribution in [0.2, 0.25) is 0 Å². The highest BCUT2D eigenvalue weighted by Crippen LogP contribution is 2.20. The molecule has 1 aromatic heterocycles. The van der Waals surface area contributed by atoms with E-state index in [1.165, 1.54) is 17.7 Å². The molecule has 0 atom stereocenters. The second-order valence-corrected chi connectivity index (χ2v) is 7.00. The first-order valence-corrected chi connectivity index (χ1v) is 9.36. The summed E-state index contributed by atoms with van der Waals surface area (Å²) in [4.78, 5) is 16.5. The largest absolute Gasteiger partial charge is 0.354 e. The molecule has 0 radical (unpaired) electrons. The van der Waals surface area contributed by atoms with Crippen molar-refractivity contribution in [1.82, 2.24) is 10.3 Å². The molecular formula is C23H24FN3O. The van der Waals surface area contributed by atoms with E-state index in [0.29, 0.717) is 24.4 Å². The molecule has 2 N–H and O–H groups in total. The minimum absolute atomic E-state index is 0.187. The summed E-state index contributed by atoms with van der Waals surface area (Å²) in [6.07, 6.45) is 3.87. The molecule has 0 saturated heterocycles. The summed E-state index contributed by atoms with van der Waals surface area (Å²) >= 11 is 0. The molecule has 0 saturated carbocycles. The average molecular weight is 377 g/mol. The number of hydrogen-bond donors (Lipinski definition) is 2. The molecule has 0 spiro atoms. The van der Waals surface area contributed by atoms with Gasteiger partial charge in [0.25, 0.3) is 5.91 Å². The Hall–Kier alpha value is -3.21. The van der Waals surface area contributed by atoms with E-state index in [0.717, 1.165) is 16.9 Å². The number of halogens is 1. The van der Waals surface area contributed by atoms with Gasteiger partial charge in [-0.05, 0) is 53.8 Å². The molecule has 0 unspecified atom stereocenters. The van der Waals surface area contributed by atoms with Crippen LogP contribution in [-0.2, 0) is 6.42 Å². The Morgan fingerprint density at radius 3 is 2.39 bits per heavy atom. The second-order valence-electron chi connectivity index (χ2n) is 7.00. The van der Waals surface area contributed by atoms with Crippen molar-refractivity contribution in [3.63, 3.8) is 0 Å². The van der Waals surface area contributed by atoms with Crippen molar-refractivity contribution in [2.24, 2.45) is 0 Å². The number of benzene rings is 2. The van der Waals surface area contributed by atoms with Crippen LogP contribution in [0.4, 0.5) is 15.8 Å². The fourth-order valence-corrected chi connectivity index (χ4v) is 2.82. The predicted molar refractivity (Wildman–Crippen MR) is 110 cm³/mol. The zero-order valence-corrected chi connectivity index (χ0v) is 16.1. The summed E-state index contributed by atoms with van der Waals surface area (Å²) in [7, 11) is 0. The number of nitrogens with zero attached hydrogens (tertiary/aromatic N) is 1. The Labute approximate surface area is 164 Å². The molecular weight excluding hydrogens is 353 g/mol. The maximum absolute atomic E-state index is 12.9. The smallest absolute Gasteiger partial charge is 0.252 e. The summed E-state index contributed by atoms with van der Waals surface area (Å²) in [6.45, 7) is 4.79.